The Labute approximate surface area is 238 Å². The second kappa shape index (κ2) is 12.0. The van der Waals surface area contributed by atoms with E-state index in [9.17, 15) is 47.9 Å². The summed E-state index contributed by atoms with van der Waals surface area (Å²) in [6.07, 6.45) is -14.0. The van der Waals surface area contributed by atoms with Gasteiger partial charge in [-0.05, 0) is 49.2 Å². The molecule has 19 heteroatoms. The molecule has 3 aromatic rings. The van der Waals surface area contributed by atoms with Gasteiger partial charge < -0.3 is 15.4 Å². The molecule has 9 nitrogen and oxygen atoms in total. The number of ether oxygens (including phenoxy) is 1. The molecule has 0 aliphatic carbocycles. The van der Waals surface area contributed by atoms with E-state index in [-0.39, 0.29) is 37.6 Å². The van der Waals surface area contributed by atoms with Crippen molar-refractivity contribution in [3.8, 4) is 6.01 Å². The molecule has 2 heterocycles. The maximum absolute atomic E-state index is 13.1. The number of alkyl halides is 9. The summed E-state index contributed by atoms with van der Waals surface area (Å²) in [6.45, 7) is -2.03. The van der Waals surface area contributed by atoms with Crippen LogP contribution in [-0.4, -0.2) is 59.6 Å². The summed E-state index contributed by atoms with van der Waals surface area (Å²) in [7, 11) is -4.28. The first-order chi connectivity index (χ1) is 19.9. The van der Waals surface area contributed by atoms with Gasteiger partial charge >= 0.3 is 24.5 Å². The number of hydrogen-bond acceptors (Lipinski definition) is 8. The number of aromatic nitrogens is 3. The van der Waals surface area contributed by atoms with Crippen LogP contribution >= 0.6 is 0 Å². The van der Waals surface area contributed by atoms with Gasteiger partial charge in [0.1, 0.15) is 0 Å². The smallest absolute Gasteiger partial charge is 0.422 e. The summed E-state index contributed by atoms with van der Waals surface area (Å²) in [6, 6.07) is 5.82. The Morgan fingerprint density at radius 3 is 2.00 bits per heavy atom. The van der Waals surface area contributed by atoms with E-state index in [1.807, 2.05) is 0 Å². The zero-order chi connectivity index (χ0) is 31.6. The number of sulfonamides is 1. The summed E-state index contributed by atoms with van der Waals surface area (Å²) in [5, 5.41) is 5.27. The summed E-state index contributed by atoms with van der Waals surface area (Å²) in [4.78, 5) is 10.9. The third kappa shape index (κ3) is 8.59. The lowest BCUT2D eigenvalue weighted by Crippen LogP contribution is -2.42. The number of piperidine rings is 1. The van der Waals surface area contributed by atoms with Gasteiger partial charge in [0.15, 0.2) is 6.61 Å². The highest BCUT2D eigenvalue weighted by atomic mass is 32.2. The van der Waals surface area contributed by atoms with E-state index < -0.39 is 69.2 Å². The minimum Gasteiger partial charge on any atom is -0.454 e. The minimum absolute atomic E-state index is 0.0962. The van der Waals surface area contributed by atoms with Crippen molar-refractivity contribution < 1.29 is 52.7 Å². The quantitative estimate of drug-likeness (QED) is 0.294. The van der Waals surface area contributed by atoms with E-state index in [4.69, 9.17) is 0 Å². The molecular weight excluding hydrogens is 623 g/mol. The third-order valence-corrected chi connectivity index (χ3v) is 7.91. The molecule has 0 unspecified atom stereocenters. The number of hydrogen-bond donors (Lipinski definition) is 2. The highest BCUT2D eigenvalue weighted by molar-refractivity contribution is 7.89. The Balaban J connectivity index is 1.49. The average molecular weight is 645 g/mol. The molecule has 43 heavy (non-hydrogen) atoms. The third-order valence-electron chi connectivity index (χ3n) is 6.01. The standard InChI is InChI=1S/C24H21F9N6O3S/c25-22(26,27)13-42-21-37-19(36-20(38-21)35-17-5-1-3-14(11-17)23(28,29)30)34-16-7-9-39(10-8-16)43(40,41)18-6-2-4-15(12-18)24(31,32)33/h1-6,11-12,16H,7-10,13H2,(H2,34,35,36,37,38). The van der Waals surface area contributed by atoms with E-state index >= 15 is 0 Å². The largest absolute Gasteiger partial charge is 0.454 e. The molecule has 4 rings (SSSR count). The second-order valence-electron chi connectivity index (χ2n) is 9.22. The Kier molecular flexibility index (Phi) is 8.96. The van der Waals surface area contributed by atoms with Gasteiger partial charge in [-0.1, -0.05) is 12.1 Å². The minimum atomic E-state index is -4.76. The van der Waals surface area contributed by atoms with Gasteiger partial charge in [-0.15, -0.1) is 0 Å². The second-order valence-corrected chi connectivity index (χ2v) is 11.2. The highest BCUT2D eigenvalue weighted by Crippen LogP contribution is 2.33. The van der Waals surface area contributed by atoms with Gasteiger partial charge in [-0.3, -0.25) is 0 Å². The molecule has 0 radical (unpaired) electrons. The fraction of sp³-hybridized carbons (Fsp3) is 0.375. The molecule has 1 aliphatic heterocycles. The summed E-state index contributed by atoms with van der Waals surface area (Å²) in [5.74, 6) is -0.764. The molecule has 0 atom stereocenters. The molecule has 0 amide bonds. The van der Waals surface area contributed by atoms with Crippen molar-refractivity contribution >= 4 is 27.6 Å². The van der Waals surface area contributed by atoms with Crippen molar-refractivity contribution in [3.05, 3.63) is 59.7 Å². The van der Waals surface area contributed by atoms with Gasteiger partial charge in [-0.25, -0.2) is 8.42 Å². The lowest BCUT2D eigenvalue weighted by atomic mass is 10.1. The number of rotatable bonds is 8. The zero-order valence-corrected chi connectivity index (χ0v) is 22.4. The van der Waals surface area contributed by atoms with E-state index in [2.05, 4.69) is 30.3 Å². The number of nitrogens with one attached hydrogen (secondary N) is 2. The molecule has 1 aliphatic rings. The summed E-state index contributed by atoms with van der Waals surface area (Å²) >= 11 is 0. The van der Waals surface area contributed by atoms with Crippen LogP contribution in [0.4, 0.5) is 57.1 Å². The first-order valence-corrected chi connectivity index (χ1v) is 13.7. The maximum Gasteiger partial charge on any atom is 0.422 e. The number of benzene rings is 2. The van der Waals surface area contributed by atoms with Crippen LogP contribution in [-0.2, 0) is 22.4 Å². The van der Waals surface area contributed by atoms with E-state index in [1.54, 1.807) is 0 Å². The predicted octanol–water partition coefficient (Wildman–Crippen LogP) is 5.86. The van der Waals surface area contributed by atoms with Crippen LogP contribution in [0.3, 0.4) is 0 Å². The fourth-order valence-corrected chi connectivity index (χ4v) is 5.51. The molecule has 0 saturated carbocycles. The van der Waals surface area contributed by atoms with Crippen LogP contribution in [0.15, 0.2) is 53.4 Å². The molecular formula is C24H21F9N6O3S. The Morgan fingerprint density at radius 1 is 0.814 bits per heavy atom. The Bertz CT molecular complexity index is 1540. The molecule has 234 valence electrons. The van der Waals surface area contributed by atoms with E-state index in [0.29, 0.717) is 6.07 Å². The van der Waals surface area contributed by atoms with Crippen LogP contribution in [0.25, 0.3) is 0 Å². The zero-order valence-electron chi connectivity index (χ0n) is 21.6. The fourth-order valence-electron chi connectivity index (χ4n) is 4.00. The van der Waals surface area contributed by atoms with Crippen molar-refractivity contribution in [3.63, 3.8) is 0 Å². The molecule has 2 aromatic carbocycles. The summed E-state index contributed by atoms with van der Waals surface area (Å²) < 4.78 is 148. The highest BCUT2D eigenvalue weighted by Gasteiger charge is 2.35. The monoisotopic (exact) mass is 644 g/mol. The van der Waals surface area contributed by atoms with Crippen molar-refractivity contribution in [2.45, 2.75) is 42.3 Å². The van der Waals surface area contributed by atoms with Crippen molar-refractivity contribution in [2.75, 3.05) is 30.3 Å². The number of nitrogens with zero attached hydrogens (tertiary/aromatic N) is 4. The van der Waals surface area contributed by atoms with Crippen LogP contribution in [0.2, 0.25) is 0 Å². The number of halogens is 9. The molecule has 1 fully saturated rings. The lowest BCUT2D eigenvalue weighted by Gasteiger charge is -2.31. The Morgan fingerprint density at radius 2 is 1.40 bits per heavy atom. The molecule has 1 aromatic heterocycles. The maximum atomic E-state index is 13.1. The number of anilines is 3. The SMILES string of the molecule is O=S(=O)(c1cccc(C(F)(F)F)c1)N1CCC(Nc2nc(Nc3cccc(C(F)(F)F)c3)nc(OCC(F)(F)F)n2)CC1. The predicted molar refractivity (Wildman–Crippen MR) is 133 cm³/mol. The van der Waals surface area contributed by atoms with Crippen LogP contribution < -0.4 is 15.4 Å². The molecule has 0 bridgehead atoms. The van der Waals surface area contributed by atoms with E-state index in [1.165, 1.54) is 6.07 Å². The van der Waals surface area contributed by atoms with Gasteiger partial charge in [0, 0.05) is 24.8 Å². The first-order valence-electron chi connectivity index (χ1n) is 12.2. The van der Waals surface area contributed by atoms with Gasteiger partial charge in [0.05, 0.1) is 16.0 Å². The van der Waals surface area contributed by atoms with Crippen LogP contribution in [0.1, 0.15) is 24.0 Å². The molecule has 1 saturated heterocycles. The van der Waals surface area contributed by atoms with Crippen LogP contribution in [0.5, 0.6) is 6.01 Å². The molecule has 0 spiro atoms. The van der Waals surface area contributed by atoms with Crippen LogP contribution in [0, 0.1) is 0 Å². The van der Waals surface area contributed by atoms with Crippen molar-refractivity contribution in [2.24, 2.45) is 0 Å². The molecule has 2 N–H and O–H groups in total. The van der Waals surface area contributed by atoms with Gasteiger partial charge in [0.25, 0.3) is 0 Å². The topological polar surface area (TPSA) is 109 Å². The van der Waals surface area contributed by atoms with Crippen molar-refractivity contribution in [1.29, 1.82) is 0 Å². The van der Waals surface area contributed by atoms with E-state index in [0.717, 1.165) is 40.7 Å². The normalized spacial score (nSPS) is 15.7. The van der Waals surface area contributed by atoms with Gasteiger partial charge in [-0.2, -0.15) is 58.8 Å². The average Bonchev–Trinajstić information content (AvgIpc) is 2.91. The summed E-state index contributed by atoms with van der Waals surface area (Å²) in [5.41, 5.74) is -2.27. The first kappa shape index (κ1) is 32.1. The Hall–Kier alpha value is -3.87. The van der Waals surface area contributed by atoms with Crippen molar-refractivity contribution in [1.82, 2.24) is 19.3 Å². The van der Waals surface area contributed by atoms with Gasteiger partial charge in [0.2, 0.25) is 21.9 Å². The lowest BCUT2D eigenvalue weighted by molar-refractivity contribution is -0.154.